The number of carbonyl (C=O) groups excluding carboxylic acids is 2. The van der Waals surface area contributed by atoms with E-state index in [9.17, 15) is 9.59 Å². The van der Waals surface area contributed by atoms with E-state index < -0.39 is 6.04 Å². The second kappa shape index (κ2) is 13.7. The molecule has 0 saturated heterocycles. The first kappa shape index (κ1) is 25.7. The van der Waals surface area contributed by atoms with Crippen LogP contribution in [0.1, 0.15) is 28.7 Å². The molecule has 180 valence electrons. The fourth-order valence-electron chi connectivity index (χ4n) is 3.67. The highest BCUT2D eigenvalue weighted by Crippen LogP contribution is 2.06. The number of carbonyl (C=O) groups is 2. The van der Waals surface area contributed by atoms with Crippen LogP contribution < -0.4 is 21.6 Å². The predicted octanol–water partition coefficient (Wildman–Crippen LogP) is 1.85. The van der Waals surface area contributed by atoms with Crippen molar-refractivity contribution in [1.29, 1.82) is 5.41 Å². The van der Waals surface area contributed by atoms with Gasteiger partial charge in [0.1, 0.15) is 5.84 Å². The number of hydrogen-bond acceptors (Lipinski definition) is 4. The van der Waals surface area contributed by atoms with E-state index in [0.717, 1.165) is 18.3 Å². The third-order valence-corrected chi connectivity index (χ3v) is 5.71. The zero-order chi connectivity index (χ0) is 24.9. The van der Waals surface area contributed by atoms with Crippen LogP contribution in [0.4, 0.5) is 0 Å². The van der Waals surface area contributed by atoms with Crippen LogP contribution >= 0.6 is 0 Å². The molecule has 35 heavy (non-hydrogen) atoms. The molecule has 0 bridgehead atoms. The molecule has 0 aliphatic carbocycles. The molecule has 0 unspecified atom stereocenters. The summed E-state index contributed by atoms with van der Waals surface area (Å²) in [6.07, 6.45) is 2.22. The molecule has 7 nitrogen and oxygen atoms in total. The number of nitrogens with one attached hydrogen (secondary N) is 4. The van der Waals surface area contributed by atoms with Crippen molar-refractivity contribution < 1.29 is 9.59 Å². The van der Waals surface area contributed by atoms with Crippen molar-refractivity contribution in [2.45, 2.75) is 31.7 Å². The lowest BCUT2D eigenvalue weighted by atomic mass is 9.82. The average Bonchev–Trinajstić information content (AvgIpc) is 2.89. The number of nitrogens with two attached hydrogens (primary N) is 1. The van der Waals surface area contributed by atoms with Crippen LogP contribution in [0.3, 0.4) is 0 Å². The van der Waals surface area contributed by atoms with Crippen LogP contribution in [0.25, 0.3) is 0 Å². The van der Waals surface area contributed by atoms with Crippen LogP contribution in [-0.4, -0.2) is 37.7 Å². The van der Waals surface area contributed by atoms with Crippen LogP contribution in [0, 0.1) is 5.41 Å². The summed E-state index contributed by atoms with van der Waals surface area (Å²) < 4.78 is 0. The second-order valence-electron chi connectivity index (χ2n) is 8.37. The average molecular weight is 469 g/mol. The summed E-state index contributed by atoms with van der Waals surface area (Å²) in [6, 6.07) is 26.9. The highest BCUT2D eigenvalue weighted by atomic mass is 16.2. The largest absolute Gasteiger partial charge is 0.384 e. The molecule has 8 heteroatoms. The van der Waals surface area contributed by atoms with Gasteiger partial charge in [-0.3, -0.25) is 15.0 Å². The molecule has 6 N–H and O–H groups in total. The molecular formula is C27H32BN5O2. The quantitative estimate of drug-likeness (QED) is 0.149. The normalized spacial score (nSPS) is 11.3. The number of amides is 2. The van der Waals surface area contributed by atoms with Crippen molar-refractivity contribution in [2.75, 3.05) is 6.54 Å². The van der Waals surface area contributed by atoms with E-state index in [2.05, 4.69) is 40.1 Å². The summed E-state index contributed by atoms with van der Waals surface area (Å²) in [4.78, 5) is 25.2. The highest BCUT2D eigenvalue weighted by molar-refractivity contribution is 6.32. The molecular weight excluding hydrogens is 437 g/mol. The molecule has 0 aliphatic rings. The Morgan fingerprint density at radius 1 is 0.829 bits per heavy atom. The fraction of sp³-hybridized carbons (Fsp3) is 0.222. The smallest absolute Gasteiger partial charge is 0.239 e. The highest BCUT2D eigenvalue weighted by Gasteiger charge is 2.18. The van der Waals surface area contributed by atoms with Gasteiger partial charge in [-0.25, -0.2) is 0 Å². The summed E-state index contributed by atoms with van der Waals surface area (Å²) in [5.41, 5.74) is 9.36. The Morgan fingerprint density at radius 3 is 2.09 bits per heavy atom. The Bertz CT molecular complexity index is 1090. The minimum atomic E-state index is -0.397. The Hall–Kier alpha value is -3.91. The van der Waals surface area contributed by atoms with E-state index >= 15 is 0 Å². The fourth-order valence-corrected chi connectivity index (χ4v) is 3.67. The molecule has 0 aliphatic heterocycles. The van der Waals surface area contributed by atoms with Crippen LogP contribution in [0.15, 0.2) is 84.9 Å². The van der Waals surface area contributed by atoms with E-state index in [4.69, 9.17) is 11.1 Å². The minimum absolute atomic E-state index is 0.00231. The van der Waals surface area contributed by atoms with E-state index in [0.29, 0.717) is 25.9 Å². The standard InChI is InChI=1S/C27H32BN5O2/c29-26(30)23-14-11-22(12-15-23)18-31-25(34)19-32-27(35)24(16-13-20-7-3-1-4-8-20)33-28-17-21-9-5-2-6-10-21/h1-12,14-15,24,28,33H,13,16-19H2,(H3,29,30)(H,31,34)(H,32,35)/t24-/m0/s1. The van der Waals surface area contributed by atoms with E-state index in [1.54, 1.807) is 12.1 Å². The number of amidine groups is 1. The van der Waals surface area contributed by atoms with Crippen molar-refractivity contribution in [3.05, 3.63) is 107 Å². The topological polar surface area (TPSA) is 120 Å². The van der Waals surface area contributed by atoms with Gasteiger partial charge in [0, 0.05) is 12.1 Å². The van der Waals surface area contributed by atoms with Gasteiger partial charge < -0.3 is 21.6 Å². The van der Waals surface area contributed by atoms with E-state index in [-0.39, 0.29) is 24.2 Å². The summed E-state index contributed by atoms with van der Waals surface area (Å²) in [6.45, 7) is 0.242. The van der Waals surface area contributed by atoms with Gasteiger partial charge in [0.25, 0.3) is 0 Å². The summed E-state index contributed by atoms with van der Waals surface area (Å²) >= 11 is 0. The summed E-state index contributed by atoms with van der Waals surface area (Å²) in [5, 5.41) is 16.4. The van der Waals surface area contributed by atoms with E-state index in [1.807, 2.05) is 48.5 Å². The molecule has 0 radical (unpaired) electrons. The van der Waals surface area contributed by atoms with Crippen molar-refractivity contribution in [2.24, 2.45) is 5.73 Å². The van der Waals surface area contributed by atoms with Crippen LogP contribution in [-0.2, 0) is 28.9 Å². The minimum Gasteiger partial charge on any atom is -0.384 e. The SMILES string of the molecule is N=C(N)c1ccc(CNC(=O)CNC(=O)[C@H](CCc2ccccc2)NBCc2ccccc2)cc1. The van der Waals surface area contributed by atoms with Gasteiger partial charge >= 0.3 is 0 Å². The number of aryl methyl sites for hydroxylation is 1. The van der Waals surface area contributed by atoms with Crippen molar-refractivity contribution in [1.82, 2.24) is 15.9 Å². The maximum atomic E-state index is 12.9. The van der Waals surface area contributed by atoms with Crippen molar-refractivity contribution in [3.8, 4) is 0 Å². The summed E-state index contributed by atoms with van der Waals surface area (Å²) in [7, 11) is 0.666. The lowest BCUT2D eigenvalue weighted by Gasteiger charge is -2.18. The zero-order valence-corrected chi connectivity index (χ0v) is 19.8. The van der Waals surface area contributed by atoms with E-state index in [1.165, 1.54) is 11.1 Å². The molecule has 3 aromatic carbocycles. The van der Waals surface area contributed by atoms with Crippen LogP contribution in [0.2, 0.25) is 0 Å². The maximum Gasteiger partial charge on any atom is 0.239 e. The molecule has 3 aromatic rings. The van der Waals surface area contributed by atoms with Gasteiger partial charge in [-0.1, -0.05) is 90.5 Å². The van der Waals surface area contributed by atoms with Crippen molar-refractivity contribution in [3.63, 3.8) is 0 Å². The van der Waals surface area contributed by atoms with Gasteiger partial charge in [0.15, 0.2) is 0 Å². The van der Waals surface area contributed by atoms with Gasteiger partial charge in [0.2, 0.25) is 19.2 Å². The monoisotopic (exact) mass is 469 g/mol. The molecule has 1 atom stereocenters. The number of rotatable bonds is 13. The maximum absolute atomic E-state index is 12.9. The Balaban J connectivity index is 1.48. The Kier molecular flexibility index (Phi) is 10.1. The first-order chi connectivity index (χ1) is 17.0. The molecule has 0 spiro atoms. The molecule has 2 amide bonds. The van der Waals surface area contributed by atoms with Crippen LogP contribution in [0.5, 0.6) is 0 Å². The molecule has 0 aromatic heterocycles. The third kappa shape index (κ3) is 9.10. The first-order valence-corrected chi connectivity index (χ1v) is 11.8. The number of hydrogen-bond donors (Lipinski definition) is 5. The first-order valence-electron chi connectivity index (χ1n) is 11.8. The van der Waals surface area contributed by atoms with Gasteiger partial charge in [-0.05, 0) is 30.3 Å². The summed E-state index contributed by atoms with van der Waals surface area (Å²) in [5.74, 6) is -0.447. The van der Waals surface area contributed by atoms with Gasteiger partial charge in [-0.2, -0.15) is 0 Å². The predicted molar refractivity (Wildman–Crippen MR) is 141 cm³/mol. The Labute approximate surface area is 207 Å². The second-order valence-corrected chi connectivity index (χ2v) is 8.37. The van der Waals surface area contributed by atoms with Gasteiger partial charge in [-0.15, -0.1) is 0 Å². The lowest BCUT2D eigenvalue weighted by molar-refractivity contribution is -0.127. The lowest BCUT2D eigenvalue weighted by Crippen LogP contribution is -2.48. The molecule has 0 heterocycles. The van der Waals surface area contributed by atoms with Gasteiger partial charge in [0.05, 0.1) is 12.6 Å². The number of nitrogen functional groups attached to an aromatic ring is 1. The van der Waals surface area contributed by atoms with Crippen molar-refractivity contribution >= 4 is 25.1 Å². The zero-order valence-electron chi connectivity index (χ0n) is 19.8. The Morgan fingerprint density at radius 2 is 1.46 bits per heavy atom. The molecule has 0 saturated carbocycles. The molecule has 3 rings (SSSR count). The third-order valence-electron chi connectivity index (χ3n) is 5.71. The molecule has 0 fully saturated rings. The number of benzene rings is 3.